The summed E-state index contributed by atoms with van der Waals surface area (Å²) in [6, 6.07) is 19.6. The summed E-state index contributed by atoms with van der Waals surface area (Å²) in [4.78, 5) is 30.6. The lowest BCUT2D eigenvalue weighted by atomic mass is 10.2. The van der Waals surface area contributed by atoms with Gasteiger partial charge in [-0.2, -0.15) is 5.10 Å². The standard InChI is InChI=1S/C27H26N4O5S/c1-4-36-20-13-10-19(11-14-20)31-26(33)22-7-5-6-8-23(22)29-27(31)37-17-25(32)30-28-16-18-9-12-21(34-2)15-24(18)35-3/h5-16H,4,17H2,1-3H3,(H,30,32). The van der Waals surface area contributed by atoms with Crippen LogP contribution in [0.5, 0.6) is 17.2 Å². The van der Waals surface area contributed by atoms with Crippen molar-refractivity contribution in [2.24, 2.45) is 5.10 Å². The largest absolute Gasteiger partial charge is 0.497 e. The van der Waals surface area contributed by atoms with Crippen LogP contribution in [0.1, 0.15) is 12.5 Å². The third kappa shape index (κ3) is 6.10. The predicted octanol–water partition coefficient (Wildman–Crippen LogP) is 4.04. The molecule has 4 aromatic rings. The summed E-state index contributed by atoms with van der Waals surface area (Å²) >= 11 is 1.15. The average molecular weight is 519 g/mol. The highest BCUT2D eigenvalue weighted by Gasteiger charge is 2.15. The molecule has 1 heterocycles. The summed E-state index contributed by atoms with van der Waals surface area (Å²) in [6.07, 6.45) is 1.49. The number of aromatic nitrogens is 2. The third-order valence-electron chi connectivity index (χ3n) is 5.32. The van der Waals surface area contributed by atoms with Gasteiger partial charge in [0.25, 0.3) is 11.5 Å². The van der Waals surface area contributed by atoms with Crippen LogP contribution >= 0.6 is 11.8 Å². The Kier molecular flexibility index (Phi) is 8.42. The van der Waals surface area contributed by atoms with E-state index in [4.69, 9.17) is 14.2 Å². The molecule has 1 aromatic heterocycles. The minimum atomic E-state index is -0.352. The Morgan fingerprint density at radius 2 is 1.81 bits per heavy atom. The number of fused-ring (bicyclic) bond motifs is 1. The molecule has 0 atom stereocenters. The topological polar surface area (TPSA) is 104 Å². The molecule has 0 saturated heterocycles. The molecule has 4 rings (SSSR count). The molecular weight excluding hydrogens is 492 g/mol. The van der Waals surface area contributed by atoms with Crippen molar-refractivity contribution in [2.75, 3.05) is 26.6 Å². The molecule has 0 fully saturated rings. The first-order chi connectivity index (χ1) is 18.0. The molecule has 10 heteroatoms. The molecule has 0 bridgehead atoms. The second kappa shape index (κ2) is 12.1. The van der Waals surface area contributed by atoms with Crippen molar-refractivity contribution in [3.05, 3.63) is 82.6 Å². The predicted molar refractivity (Wildman–Crippen MR) is 145 cm³/mol. The average Bonchev–Trinajstić information content (AvgIpc) is 2.93. The van der Waals surface area contributed by atoms with Crippen LogP contribution in [0.15, 0.2) is 81.8 Å². The molecule has 1 N–H and O–H groups in total. The number of amides is 1. The van der Waals surface area contributed by atoms with E-state index in [1.165, 1.54) is 10.8 Å². The molecule has 0 aliphatic carbocycles. The molecule has 3 aromatic carbocycles. The van der Waals surface area contributed by atoms with Crippen LogP contribution in [0.3, 0.4) is 0 Å². The maximum Gasteiger partial charge on any atom is 0.266 e. The number of ether oxygens (including phenoxy) is 3. The lowest BCUT2D eigenvalue weighted by molar-refractivity contribution is -0.118. The number of para-hydroxylation sites is 1. The number of hydrogen-bond acceptors (Lipinski definition) is 8. The summed E-state index contributed by atoms with van der Waals surface area (Å²) in [6.45, 7) is 2.45. The molecular formula is C27H26N4O5S. The van der Waals surface area contributed by atoms with Gasteiger partial charge in [-0.3, -0.25) is 14.2 Å². The first-order valence-corrected chi connectivity index (χ1v) is 12.4. The van der Waals surface area contributed by atoms with Crippen LogP contribution in [0.2, 0.25) is 0 Å². The molecule has 0 saturated carbocycles. The Balaban J connectivity index is 1.54. The molecule has 0 radical (unpaired) electrons. The van der Waals surface area contributed by atoms with E-state index in [-0.39, 0.29) is 17.2 Å². The Hall–Kier alpha value is -4.31. The summed E-state index contributed by atoms with van der Waals surface area (Å²) in [5.41, 5.74) is 4.14. The van der Waals surface area contributed by atoms with Crippen LogP contribution in [0.4, 0.5) is 0 Å². The number of benzene rings is 3. The lowest BCUT2D eigenvalue weighted by Gasteiger charge is -2.13. The van der Waals surface area contributed by atoms with Gasteiger partial charge in [0.1, 0.15) is 17.2 Å². The fraction of sp³-hybridized carbons (Fsp3) is 0.185. The van der Waals surface area contributed by atoms with Gasteiger partial charge < -0.3 is 14.2 Å². The summed E-state index contributed by atoms with van der Waals surface area (Å²) in [5, 5.41) is 4.91. The monoisotopic (exact) mass is 518 g/mol. The summed E-state index contributed by atoms with van der Waals surface area (Å²) < 4.78 is 17.5. The Morgan fingerprint density at radius 3 is 2.54 bits per heavy atom. The lowest BCUT2D eigenvalue weighted by Crippen LogP contribution is -2.24. The second-order valence-corrected chi connectivity index (χ2v) is 8.61. The minimum Gasteiger partial charge on any atom is -0.497 e. The SMILES string of the molecule is CCOc1ccc(-n2c(SCC(=O)NN=Cc3ccc(OC)cc3OC)nc3ccccc3c2=O)cc1. The highest BCUT2D eigenvalue weighted by Crippen LogP contribution is 2.24. The first kappa shape index (κ1) is 25.8. The van der Waals surface area contributed by atoms with Crippen molar-refractivity contribution in [1.29, 1.82) is 0 Å². The van der Waals surface area contributed by atoms with E-state index >= 15 is 0 Å². The zero-order chi connectivity index (χ0) is 26.2. The van der Waals surface area contributed by atoms with E-state index < -0.39 is 0 Å². The number of rotatable bonds is 10. The van der Waals surface area contributed by atoms with Crippen LogP contribution < -0.4 is 25.2 Å². The van der Waals surface area contributed by atoms with Gasteiger partial charge in [0, 0.05) is 11.6 Å². The minimum absolute atomic E-state index is 0.00109. The Labute approximate surface area is 218 Å². The smallest absolute Gasteiger partial charge is 0.266 e. The maximum atomic E-state index is 13.4. The fourth-order valence-corrected chi connectivity index (χ4v) is 4.36. The van der Waals surface area contributed by atoms with Gasteiger partial charge in [0.15, 0.2) is 5.16 Å². The fourth-order valence-electron chi connectivity index (χ4n) is 3.56. The zero-order valence-corrected chi connectivity index (χ0v) is 21.5. The van der Waals surface area contributed by atoms with Crippen molar-refractivity contribution in [3.8, 4) is 22.9 Å². The maximum absolute atomic E-state index is 13.4. The third-order valence-corrected chi connectivity index (χ3v) is 6.26. The number of nitrogens with zero attached hydrogens (tertiary/aromatic N) is 3. The van der Waals surface area contributed by atoms with Gasteiger partial charge in [0.05, 0.1) is 49.4 Å². The van der Waals surface area contributed by atoms with E-state index in [0.29, 0.717) is 51.2 Å². The van der Waals surface area contributed by atoms with Gasteiger partial charge in [-0.1, -0.05) is 23.9 Å². The van der Waals surface area contributed by atoms with Crippen molar-refractivity contribution in [3.63, 3.8) is 0 Å². The Morgan fingerprint density at radius 1 is 1.05 bits per heavy atom. The highest BCUT2D eigenvalue weighted by atomic mass is 32.2. The number of carbonyl (C=O) groups is 1. The van der Waals surface area contributed by atoms with Gasteiger partial charge in [0.2, 0.25) is 0 Å². The number of methoxy groups -OCH3 is 2. The molecule has 37 heavy (non-hydrogen) atoms. The van der Waals surface area contributed by atoms with Gasteiger partial charge in [-0.15, -0.1) is 0 Å². The number of thioether (sulfide) groups is 1. The number of carbonyl (C=O) groups excluding carboxylic acids is 1. The Bertz CT molecular complexity index is 1480. The van der Waals surface area contributed by atoms with E-state index in [0.717, 1.165) is 11.8 Å². The van der Waals surface area contributed by atoms with Gasteiger partial charge in [-0.05, 0) is 55.5 Å². The van der Waals surface area contributed by atoms with Crippen LogP contribution in [0, 0.1) is 0 Å². The normalized spacial score (nSPS) is 11.0. The van der Waals surface area contributed by atoms with Crippen LogP contribution in [-0.2, 0) is 4.79 Å². The van der Waals surface area contributed by atoms with Crippen molar-refractivity contribution in [1.82, 2.24) is 15.0 Å². The number of nitrogens with one attached hydrogen (secondary N) is 1. The first-order valence-electron chi connectivity index (χ1n) is 11.5. The molecule has 0 spiro atoms. The summed E-state index contributed by atoms with van der Waals surface area (Å²) in [5.74, 6) is 1.56. The molecule has 0 unspecified atom stereocenters. The van der Waals surface area contributed by atoms with Crippen molar-refractivity contribution in [2.45, 2.75) is 12.1 Å². The molecule has 0 aliphatic rings. The second-order valence-electron chi connectivity index (χ2n) is 7.67. The number of hydrogen-bond donors (Lipinski definition) is 1. The zero-order valence-electron chi connectivity index (χ0n) is 20.6. The van der Waals surface area contributed by atoms with Crippen LogP contribution in [0.25, 0.3) is 16.6 Å². The quantitative estimate of drug-likeness (QED) is 0.146. The van der Waals surface area contributed by atoms with E-state index in [9.17, 15) is 9.59 Å². The summed E-state index contributed by atoms with van der Waals surface area (Å²) in [7, 11) is 3.11. The van der Waals surface area contributed by atoms with Gasteiger partial charge in [-0.25, -0.2) is 10.4 Å². The highest BCUT2D eigenvalue weighted by molar-refractivity contribution is 7.99. The van der Waals surface area contributed by atoms with Crippen molar-refractivity contribution >= 4 is 34.8 Å². The van der Waals surface area contributed by atoms with E-state index in [2.05, 4.69) is 15.5 Å². The van der Waals surface area contributed by atoms with Crippen LogP contribution in [-0.4, -0.2) is 48.3 Å². The molecule has 0 aliphatic heterocycles. The number of hydrazone groups is 1. The van der Waals surface area contributed by atoms with Gasteiger partial charge >= 0.3 is 0 Å². The molecule has 1 amide bonds. The van der Waals surface area contributed by atoms with Crippen molar-refractivity contribution < 1.29 is 19.0 Å². The van der Waals surface area contributed by atoms with E-state index in [1.807, 2.05) is 13.0 Å². The van der Waals surface area contributed by atoms with E-state index in [1.54, 1.807) is 74.9 Å². The molecule has 190 valence electrons. The molecule has 9 nitrogen and oxygen atoms in total.